The Morgan fingerprint density at radius 1 is 0.912 bits per heavy atom. The smallest absolute Gasteiger partial charge is 0.407 e. The van der Waals surface area contributed by atoms with Crippen LogP contribution >= 0.6 is 0 Å². The number of anilines is 1. The molecular formula is C27H24N2O5. The molecule has 7 nitrogen and oxygen atoms in total. The minimum atomic E-state index is -1.08. The molecule has 0 bridgehead atoms. The Hall–Kier alpha value is -4.13. The van der Waals surface area contributed by atoms with Gasteiger partial charge in [0.2, 0.25) is 5.91 Å². The summed E-state index contributed by atoms with van der Waals surface area (Å²) in [7, 11) is 0. The summed E-state index contributed by atoms with van der Waals surface area (Å²) in [6, 6.07) is 21.4. The van der Waals surface area contributed by atoms with Crippen molar-refractivity contribution >= 4 is 23.7 Å². The van der Waals surface area contributed by atoms with E-state index in [1.807, 2.05) is 36.4 Å². The van der Waals surface area contributed by atoms with Crippen LogP contribution in [0.4, 0.5) is 10.5 Å². The van der Waals surface area contributed by atoms with E-state index in [2.05, 4.69) is 22.8 Å². The molecule has 0 spiro atoms. The summed E-state index contributed by atoms with van der Waals surface area (Å²) in [5.74, 6) is -1.50. The summed E-state index contributed by atoms with van der Waals surface area (Å²) in [5.41, 5.74) is 4.96. The molecule has 3 aromatic rings. The highest BCUT2D eigenvalue weighted by Crippen LogP contribution is 2.44. The van der Waals surface area contributed by atoms with E-state index in [1.54, 1.807) is 12.1 Å². The van der Waals surface area contributed by atoms with Gasteiger partial charge in [-0.2, -0.15) is 0 Å². The van der Waals surface area contributed by atoms with Crippen LogP contribution < -0.4 is 10.6 Å². The topological polar surface area (TPSA) is 105 Å². The highest BCUT2D eigenvalue weighted by atomic mass is 16.5. The van der Waals surface area contributed by atoms with E-state index in [0.29, 0.717) is 5.69 Å². The molecule has 0 saturated heterocycles. The number of rotatable bonds is 7. The standard InChI is InChI=1S/C27H24N2O5/c30-25(28-18-7-5-6-17(14-18)26(31)32)24(16-12-13-16)29-27(33)34-15-23-21-10-3-1-8-19(21)20-9-2-4-11-22(20)23/h1-11,14,16,23-24H,12-13,15H2,(H,28,30)(H,29,33)(H,31,32). The van der Waals surface area contributed by atoms with Gasteiger partial charge in [-0.15, -0.1) is 0 Å². The molecule has 1 fully saturated rings. The van der Waals surface area contributed by atoms with Crippen LogP contribution in [0.5, 0.6) is 0 Å². The summed E-state index contributed by atoms with van der Waals surface area (Å²) in [5, 5.41) is 14.6. The lowest BCUT2D eigenvalue weighted by atomic mass is 9.98. The van der Waals surface area contributed by atoms with Crippen LogP contribution in [-0.4, -0.2) is 35.7 Å². The maximum atomic E-state index is 12.9. The molecule has 1 saturated carbocycles. The summed E-state index contributed by atoms with van der Waals surface area (Å²) >= 11 is 0. The first-order valence-corrected chi connectivity index (χ1v) is 11.3. The Labute approximate surface area is 196 Å². The van der Waals surface area contributed by atoms with Gasteiger partial charge in [0.25, 0.3) is 0 Å². The highest BCUT2D eigenvalue weighted by molar-refractivity contribution is 5.98. The number of hydrogen-bond acceptors (Lipinski definition) is 4. The van der Waals surface area contributed by atoms with E-state index in [9.17, 15) is 14.4 Å². The van der Waals surface area contributed by atoms with Crippen molar-refractivity contribution in [2.24, 2.45) is 5.92 Å². The normalized spacial score (nSPS) is 15.1. The van der Waals surface area contributed by atoms with E-state index >= 15 is 0 Å². The maximum absolute atomic E-state index is 12.9. The van der Waals surface area contributed by atoms with E-state index in [-0.39, 0.29) is 24.0 Å². The van der Waals surface area contributed by atoms with Crippen LogP contribution in [-0.2, 0) is 9.53 Å². The zero-order chi connectivity index (χ0) is 23.7. The van der Waals surface area contributed by atoms with Gasteiger partial charge in [-0.1, -0.05) is 54.6 Å². The Morgan fingerprint density at radius 3 is 2.18 bits per heavy atom. The number of aromatic carboxylic acids is 1. The van der Waals surface area contributed by atoms with Gasteiger partial charge in [-0.3, -0.25) is 4.79 Å². The number of hydrogen-bond donors (Lipinski definition) is 3. The second kappa shape index (κ2) is 9.02. The second-order valence-corrected chi connectivity index (χ2v) is 8.66. The van der Waals surface area contributed by atoms with Gasteiger partial charge in [0.15, 0.2) is 0 Å². The number of fused-ring (bicyclic) bond motifs is 3. The summed E-state index contributed by atoms with van der Waals surface area (Å²) < 4.78 is 5.59. The third-order valence-corrected chi connectivity index (χ3v) is 6.37. The van der Waals surface area contributed by atoms with Crippen molar-refractivity contribution in [3.8, 4) is 11.1 Å². The van der Waals surface area contributed by atoms with Crippen molar-refractivity contribution in [3.05, 3.63) is 89.5 Å². The third-order valence-electron chi connectivity index (χ3n) is 6.37. The highest BCUT2D eigenvalue weighted by Gasteiger charge is 2.38. The quantitative estimate of drug-likeness (QED) is 0.480. The first kappa shape index (κ1) is 21.7. The summed E-state index contributed by atoms with van der Waals surface area (Å²) in [6.45, 7) is 0.166. The number of carboxylic acid groups (broad SMARTS) is 1. The SMILES string of the molecule is O=C(NC(C(=O)Nc1cccc(C(=O)O)c1)C1CC1)OCC1c2ccccc2-c2ccccc21. The number of nitrogens with one attached hydrogen (secondary N) is 2. The Morgan fingerprint density at radius 2 is 1.56 bits per heavy atom. The summed E-state index contributed by atoms with van der Waals surface area (Å²) in [4.78, 5) is 36.7. The van der Waals surface area contributed by atoms with Gasteiger partial charge >= 0.3 is 12.1 Å². The molecule has 5 rings (SSSR count). The molecule has 2 aliphatic rings. The fourth-order valence-corrected chi connectivity index (χ4v) is 4.54. The van der Waals surface area contributed by atoms with Crippen molar-refractivity contribution in [3.63, 3.8) is 0 Å². The van der Waals surface area contributed by atoms with E-state index < -0.39 is 24.0 Å². The molecule has 0 aliphatic heterocycles. The zero-order valence-electron chi connectivity index (χ0n) is 18.4. The molecule has 3 aromatic carbocycles. The first-order chi connectivity index (χ1) is 16.5. The van der Waals surface area contributed by atoms with Gasteiger partial charge < -0.3 is 20.5 Å². The van der Waals surface area contributed by atoms with Gasteiger partial charge in [-0.25, -0.2) is 9.59 Å². The number of amides is 2. The van der Waals surface area contributed by atoms with Crippen LogP contribution in [0.15, 0.2) is 72.8 Å². The van der Waals surface area contributed by atoms with Crippen LogP contribution in [0.25, 0.3) is 11.1 Å². The van der Waals surface area contributed by atoms with Gasteiger partial charge in [0.1, 0.15) is 12.6 Å². The maximum Gasteiger partial charge on any atom is 0.407 e. The summed E-state index contributed by atoms with van der Waals surface area (Å²) in [6.07, 6.45) is 1.02. The molecule has 1 unspecified atom stereocenters. The van der Waals surface area contributed by atoms with Crippen LogP contribution in [0.1, 0.15) is 40.2 Å². The number of carbonyl (C=O) groups excluding carboxylic acids is 2. The van der Waals surface area contributed by atoms with Crippen molar-refractivity contribution in [1.29, 1.82) is 0 Å². The van der Waals surface area contributed by atoms with Gasteiger partial charge in [0, 0.05) is 11.6 Å². The van der Waals surface area contributed by atoms with E-state index in [1.165, 1.54) is 12.1 Å². The average molecular weight is 456 g/mol. The monoisotopic (exact) mass is 456 g/mol. The van der Waals surface area contributed by atoms with E-state index in [4.69, 9.17) is 9.84 Å². The van der Waals surface area contributed by atoms with E-state index in [0.717, 1.165) is 35.1 Å². The van der Waals surface area contributed by atoms with Gasteiger partial charge in [-0.05, 0) is 59.2 Å². The molecule has 2 amide bonds. The second-order valence-electron chi connectivity index (χ2n) is 8.66. The van der Waals surface area contributed by atoms with Crippen LogP contribution in [0.3, 0.4) is 0 Å². The lowest BCUT2D eigenvalue weighted by Gasteiger charge is -2.19. The molecule has 0 radical (unpaired) electrons. The molecule has 3 N–H and O–H groups in total. The predicted molar refractivity (Wildman–Crippen MR) is 127 cm³/mol. The van der Waals surface area contributed by atoms with Crippen molar-refractivity contribution in [2.75, 3.05) is 11.9 Å². The Bertz CT molecular complexity index is 1220. The number of carbonyl (C=O) groups is 3. The fourth-order valence-electron chi connectivity index (χ4n) is 4.54. The number of alkyl carbamates (subject to hydrolysis) is 1. The third kappa shape index (κ3) is 4.37. The Kier molecular flexibility index (Phi) is 5.76. The van der Waals surface area contributed by atoms with Crippen molar-refractivity contribution in [2.45, 2.75) is 24.8 Å². The molecule has 7 heteroatoms. The fraction of sp³-hybridized carbons (Fsp3) is 0.222. The molecule has 172 valence electrons. The minimum absolute atomic E-state index is 0.0307. The van der Waals surface area contributed by atoms with Crippen LogP contribution in [0, 0.1) is 5.92 Å². The molecule has 1 atom stereocenters. The lowest BCUT2D eigenvalue weighted by molar-refractivity contribution is -0.118. The van der Waals surface area contributed by atoms with Crippen LogP contribution in [0.2, 0.25) is 0 Å². The molecule has 0 heterocycles. The molecule has 0 aromatic heterocycles. The first-order valence-electron chi connectivity index (χ1n) is 11.3. The minimum Gasteiger partial charge on any atom is -0.478 e. The van der Waals surface area contributed by atoms with Crippen molar-refractivity contribution in [1.82, 2.24) is 5.32 Å². The van der Waals surface area contributed by atoms with Gasteiger partial charge in [0.05, 0.1) is 5.56 Å². The largest absolute Gasteiger partial charge is 0.478 e. The number of benzene rings is 3. The predicted octanol–water partition coefficient (Wildman–Crippen LogP) is 4.64. The zero-order valence-corrected chi connectivity index (χ0v) is 18.4. The molecular weight excluding hydrogens is 432 g/mol. The molecule has 34 heavy (non-hydrogen) atoms. The molecule has 2 aliphatic carbocycles. The lowest BCUT2D eigenvalue weighted by Crippen LogP contribution is -2.45. The van der Waals surface area contributed by atoms with Crippen molar-refractivity contribution < 1.29 is 24.2 Å². The average Bonchev–Trinajstić information content (AvgIpc) is 3.64. The number of ether oxygens (including phenoxy) is 1. The Balaban J connectivity index is 1.24. The number of carboxylic acids is 1.